The summed E-state index contributed by atoms with van der Waals surface area (Å²) in [5.74, 6) is -0.216. The molecule has 6 atom stereocenters. The Morgan fingerprint density at radius 3 is 1.90 bits per heavy atom. The number of fused-ring (bicyclic) bond motifs is 2. The molecule has 3 unspecified atom stereocenters. The van der Waals surface area contributed by atoms with Gasteiger partial charge in [0.25, 0.3) is 0 Å². The van der Waals surface area contributed by atoms with Gasteiger partial charge in [0.2, 0.25) is 0 Å². The maximum atomic E-state index is 15.2. The topological polar surface area (TPSA) is 48.0 Å². The van der Waals surface area contributed by atoms with Crippen molar-refractivity contribution in [2.45, 2.75) is 123 Å². The second-order valence-electron chi connectivity index (χ2n) is 16.6. The molecule has 0 N–H and O–H groups in total. The number of hydrogen-bond donors (Lipinski definition) is 0. The van der Waals surface area contributed by atoms with Crippen LogP contribution in [0.2, 0.25) is 18.1 Å². The molecule has 272 valence electrons. The maximum absolute atomic E-state index is 15.2. The second-order valence-corrected chi connectivity index (χ2v) is 21.3. The van der Waals surface area contributed by atoms with Crippen molar-refractivity contribution in [3.8, 4) is 0 Å². The van der Waals surface area contributed by atoms with Gasteiger partial charge in [0.05, 0.1) is 18.2 Å². The van der Waals surface area contributed by atoms with Crippen molar-refractivity contribution in [1.29, 1.82) is 0 Å². The first-order chi connectivity index (χ1) is 23.8. The van der Waals surface area contributed by atoms with Crippen LogP contribution in [0.3, 0.4) is 0 Å². The van der Waals surface area contributed by atoms with Crippen LogP contribution < -0.4 is 0 Å². The first-order valence-corrected chi connectivity index (χ1v) is 21.7. The fourth-order valence-corrected chi connectivity index (χ4v) is 12.3. The van der Waals surface area contributed by atoms with Gasteiger partial charge in [-0.25, -0.2) is 0 Å². The first-order valence-electron chi connectivity index (χ1n) is 19.1. The van der Waals surface area contributed by atoms with Crippen molar-refractivity contribution in [3.63, 3.8) is 0 Å². The Kier molecular flexibility index (Phi) is 12.2. The average molecular weight is 698 g/mol. The Morgan fingerprint density at radius 2 is 1.40 bits per heavy atom. The summed E-state index contributed by atoms with van der Waals surface area (Å²) in [6, 6.07) is 34.6. The minimum absolute atomic E-state index is 0.0649. The van der Waals surface area contributed by atoms with E-state index in [2.05, 4.69) is 124 Å². The fourth-order valence-electron chi connectivity index (χ4n) is 9.48. The van der Waals surface area contributed by atoms with Gasteiger partial charge >= 0.3 is 5.97 Å². The maximum Gasteiger partial charge on any atom is 0.314 e. The number of nitrogens with zero attached hydrogens (tertiary/aromatic N) is 1. The molecule has 50 heavy (non-hydrogen) atoms. The van der Waals surface area contributed by atoms with E-state index in [-0.39, 0.29) is 28.9 Å². The predicted molar refractivity (Wildman–Crippen MR) is 207 cm³/mol. The van der Waals surface area contributed by atoms with Gasteiger partial charge in [-0.15, -0.1) is 0 Å². The summed E-state index contributed by atoms with van der Waals surface area (Å²) >= 11 is 0. The highest BCUT2D eigenvalue weighted by Gasteiger charge is 2.65. The lowest BCUT2D eigenvalue weighted by Crippen LogP contribution is -2.52. The summed E-state index contributed by atoms with van der Waals surface area (Å²) in [5, 5.41) is 0. The van der Waals surface area contributed by atoms with E-state index in [0.717, 1.165) is 48.6 Å². The molecule has 3 aromatic rings. The summed E-state index contributed by atoms with van der Waals surface area (Å²) in [4.78, 5) is 17.8. The number of hydrogen-bond acceptors (Lipinski definition) is 5. The zero-order valence-electron chi connectivity index (χ0n) is 32.3. The lowest BCUT2D eigenvalue weighted by Gasteiger charge is -2.49. The van der Waals surface area contributed by atoms with Gasteiger partial charge in [0.15, 0.2) is 8.32 Å². The van der Waals surface area contributed by atoms with Crippen molar-refractivity contribution in [2.75, 3.05) is 13.7 Å². The SMILES string of the molecule is CC[Si](CC)(CC)O[C@@H](c1ccccc1)[C@@H](C(=O)OC(C)(C)C)[C@@H](c1ccccc1)N(Cc1ccccc1)CC12CCC(CC1OC)C2(C)C. The molecule has 5 rings (SSSR count). The highest BCUT2D eigenvalue weighted by atomic mass is 28.4. The average Bonchev–Trinajstić information content (AvgIpc) is 3.48. The van der Waals surface area contributed by atoms with Gasteiger partial charge in [-0.05, 0) is 86.2 Å². The van der Waals surface area contributed by atoms with Crippen molar-refractivity contribution >= 4 is 14.3 Å². The van der Waals surface area contributed by atoms with Crippen LogP contribution >= 0.6 is 0 Å². The molecule has 6 heteroatoms. The predicted octanol–water partition coefficient (Wildman–Crippen LogP) is 10.8. The Labute approximate surface area is 304 Å². The molecule has 5 nitrogen and oxygen atoms in total. The monoisotopic (exact) mass is 697 g/mol. The van der Waals surface area contributed by atoms with E-state index in [1.165, 1.54) is 12.0 Å². The van der Waals surface area contributed by atoms with Crippen molar-refractivity contribution in [2.24, 2.45) is 22.7 Å². The number of carbonyl (C=O) groups excluding carboxylic acids is 1. The number of methoxy groups -OCH3 is 1. The molecule has 2 bridgehead atoms. The molecule has 3 aromatic carbocycles. The van der Waals surface area contributed by atoms with E-state index in [0.29, 0.717) is 12.5 Å². The van der Waals surface area contributed by atoms with Gasteiger partial charge < -0.3 is 13.9 Å². The Morgan fingerprint density at radius 1 is 0.860 bits per heavy atom. The zero-order chi connectivity index (χ0) is 36.2. The van der Waals surface area contributed by atoms with E-state index >= 15 is 4.79 Å². The molecule has 0 spiro atoms. The van der Waals surface area contributed by atoms with Crippen LogP contribution in [0, 0.1) is 22.7 Å². The number of carbonyl (C=O) groups is 1. The fraction of sp³-hybridized carbons (Fsp3) is 0.568. The van der Waals surface area contributed by atoms with Crippen LogP contribution in [0.25, 0.3) is 0 Å². The number of esters is 1. The molecule has 2 aliphatic rings. The highest BCUT2D eigenvalue weighted by Crippen LogP contribution is 2.67. The minimum Gasteiger partial charge on any atom is -0.460 e. The standard InChI is InChI=1S/C44H63NO4Si/c1-10-50(11-2,12-3)49-40(35-26-20-15-21-27-35)38(41(46)48-42(4,5)6)39(34-24-18-14-19-25-34)45(31-33-22-16-13-17-23-33)32-44-29-28-36(43(44,7)8)30-37(44)47-9/h13-27,36-40H,10-12,28-32H2,1-9H3/t36?,37?,38-,39+,40-,44?/m0/s1. The number of rotatable bonds is 16. The molecule has 0 aliphatic heterocycles. The third-order valence-electron chi connectivity index (χ3n) is 12.7. The Balaban J connectivity index is 1.77. The van der Waals surface area contributed by atoms with E-state index < -0.39 is 25.9 Å². The van der Waals surface area contributed by atoms with E-state index in [4.69, 9.17) is 13.9 Å². The smallest absolute Gasteiger partial charge is 0.314 e. The number of benzene rings is 3. The molecular formula is C44H63NO4Si. The molecule has 0 aromatic heterocycles. The quantitative estimate of drug-likeness (QED) is 0.110. The van der Waals surface area contributed by atoms with Crippen LogP contribution in [-0.2, 0) is 25.2 Å². The van der Waals surface area contributed by atoms with Gasteiger partial charge in [-0.1, -0.05) is 126 Å². The van der Waals surface area contributed by atoms with Crippen LogP contribution in [0.5, 0.6) is 0 Å². The molecule has 0 heterocycles. The van der Waals surface area contributed by atoms with Gasteiger partial charge in [-0.2, -0.15) is 0 Å². The molecule has 0 radical (unpaired) electrons. The molecular weight excluding hydrogens is 635 g/mol. The Bertz CT molecular complexity index is 1490. The van der Waals surface area contributed by atoms with E-state index in [9.17, 15) is 0 Å². The third-order valence-corrected chi connectivity index (χ3v) is 17.3. The zero-order valence-corrected chi connectivity index (χ0v) is 33.3. The molecule has 2 aliphatic carbocycles. The van der Waals surface area contributed by atoms with Crippen molar-refractivity contribution in [1.82, 2.24) is 4.90 Å². The first kappa shape index (κ1) is 38.5. The normalized spacial score (nSPS) is 23.5. The second kappa shape index (κ2) is 15.9. The summed E-state index contributed by atoms with van der Waals surface area (Å²) < 4.78 is 20.4. The summed E-state index contributed by atoms with van der Waals surface area (Å²) in [7, 11) is -0.328. The van der Waals surface area contributed by atoms with Gasteiger partial charge in [0, 0.05) is 25.6 Å². The van der Waals surface area contributed by atoms with E-state index in [1.54, 1.807) is 0 Å². The lowest BCUT2D eigenvalue weighted by molar-refractivity contribution is -0.169. The van der Waals surface area contributed by atoms with E-state index in [1.807, 2.05) is 33.9 Å². The van der Waals surface area contributed by atoms with Crippen molar-refractivity contribution in [3.05, 3.63) is 108 Å². The third kappa shape index (κ3) is 7.84. The summed E-state index contributed by atoms with van der Waals surface area (Å²) in [6.45, 7) is 19.2. The molecule has 0 saturated heterocycles. The molecule has 2 fully saturated rings. The van der Waals surface area contributed by atoms with Crippen LogP contribution in [0.15, 0.2) is 91.0 Å². The molecule has 0 amide bonds. The molecule has 2 saturated carbocycles. The van der Waals surface area contributed by atoms with Crippen LogP contribution in [0.1, 0.15) is 103 Å². The Hall–Kier alpha value is -2.77. The lowest BCUT2D eigenvalue weighted by atomic mass is 9.67. The highest BCUT2D eigenvalue weighted by molar-refractivity contribution is 6.73. The van der Waals surface area contributed by atoms with Gasteiger partial charge in [-0.3, -0.25) is 9.69 Å². The minimum atomic E-state index is -2.22. The van der Waals surface area contributed by atoms with Crippen LogP contribution in [0.4, 0.5) is 0 Å². The van der Waals surface area contributed by atoms with Gasteiger partial charge in [0.1, 0.15) is 11.5 Å². The summed E-state index contributed by atoms with van der Waals surface area (Å²) in [5.41, 5.74) is 2.73. The van der Waals surface area contributed by atoms with Crippen LogP contribution in [-0.4, -0.2) is 44.5 Å². The number of ether oxygens (including phenoxy) is 2. The largest absolute Gasteiger partial charge is 0.460 e. The van der Waals surface area contributed by atoms with Crippen molar-refractivity contribution < 1.29 is 18.7 Å². The summed E-state index contributed by atoms with van der Waals surface area (Å²) in [6.07, 6.45) is 3.09.